The van der Waals surface area contributed by atoms with E-state index in [9.17, 15) is 0 Å². The van der Waals surface area contributed by atoms with Gasteiger partial charge in [-0.05, 0) is 18.6 Å². The Hall–Kier alpha value is -2.47. The molecule has 3 aromatic rings. The summed E-state index contributed by atoms with van der Waals surface area (Å²) < 4.78 is 1.81. The van der Waals surface area contributed by atoms with Gasteiger partial charge in [0.25, 0.3) is 0 Å². The van der Waals surface area contributed by atoms with Crippen LogP contribution in [0.25, 0.3) is 16.7 Å². The molecule has 0 radical (unpaired) electrons. The Morgan fingerprint density at radius 2 is 2.00 bits per heavy atom. The maximum absolute atomic E-state index is 5.83. The van der Waals surface area contributed by atoms with E-state index < -0.39 is 0 Å². The van der Waals surface area contributed by atoms with Crippen LogP contribution >= 0.6 is 0 Å². The number of anilines is 1. The van der Waals surface area contributed by atoms with Gasteiger partial charge in [0.2, 0.25) is 0 Å². The van der Waals surface area contributed by atoms with Gasteiger partial charge >= 0.3 is 0 Å². The first-order valence-corrected chi connectivity index (χ1v) is 6.59. The van der Waals surface area contributed by atoms with Crippen LogP contribution in [0.4, 0.5) is 5.82 Å². The molecule has 4 rings (SSSR count). The van der Waals surface area contributed by atoms with Crippen LogP contribution in [0.3, 0.4) is 0 Å². The highest BCUT2D eigenvalue weighted by atomic mass is 15.3. The molecule has 100 valence electrons. The van der Waals surface area contributed by atoms with Crippen molar-refractivity contribution in [3.05, 3.63) is 42.9 Å². The average Bonchev–Trinajstić information content (AvgIpc) is 3.01. The topological polar surface area (TPSA) is 81.7 Å². The van der Waals surface area contributed by atoms with Gasteiger partial charge in [0, 0.05) is 12.1 Å². The van der Waals surface area contributed by atoms with Crippen molar-refractivity contribution in [1.82, 2.24) is 19.7 Å². The fourth-order valence-electron chi connectivity index (χ4n) is 2.27. The van der Waals surface area contributed by atoms with Crippen molar-refractivity contribution in [1.29, 1.82) is 0 Å². The predicted octanol–water partition coefficient (Wildman–Crippen LogP) is 1.33. The summed E-state index contributed by atoms with van der Waals surface area (Å²) in [6.07, 6.45) is 4.33. The van der Waals surface area contributed by atoms with E-state index in [1.54, 1.807) is 12.5 Å². The summed E-state index contributed by atoms with van der Waals surface area (Å²) in [5.74, 6) is 0.801. The number of benzene rings is 1. The summed E-state index contributed by atoms with van der Waals surface area (Å²) in [6, 6.07) is 10.5. The molecule has 6 heteroatoms. The molecule has 1 saturated carbocycles. The van der Waals surface area contributed by atoms with Crippen LogP contribution in [-0.2, 0) is 0 Å². The molecule has 0 bridgehead atoms. The number of nitrogens with zero attached hydrogens (tertiary/aromatic N) is 4. The van der Waals surface area contributed by atoms with E-state index in [-0.39, 0.29) is 6.04 Å². The quantitative estimate of drug-likeness (QED) is 0.747. The summed E-state index contributed by atoms with van der Waals surface area (Å²) in [4.78, 5) is 8.64. The Morgan fingerprint density at radius 1 is 1.20 bits per heavy atom. The van der Waals surface area contributed by atoms with Gasteiger partial charge in [0.05, 0.1) is 17.3 Å². The number of hydrogen-bond acceptors (Lipinski definition) is 5. The summed E-state index contributed by atoms with van der Waals surface area (Å²) in [5.41, 5.74) is 7.60. The van der Waals surface area contributed by atoms with Crippen molar-refractivity contribution < 1.29 is 0 Å². The molecule has 2 unspecified atom stereocenters. The first kappa shape index (κ1) is 11.4. The molecule has 1 aliphatic carbocycles. The Morgan fingerprint density at radius 3 is 2.75 bits per heavy atom. The van der Waals surface area contributed by atoms with Gasteiger partial charge in [0.1, 0.15) is 12.1 Å². The number of aromatic nitrogens is 4. The van der Waals surface area contributed by atoms with Crippen LogP contribution in [0.15, 0.2) is 42.9 Å². The molecule has 0 aliphatic heterocycles. The Labute approximate surface area is 115 Å². The molecular formula is C14H14N6. The molecule has 0 amide bonds. The lowest BCUT2D eigenvalue weighted by Gasteiger charge is -2.05. The van der Waals surface area contributed by atoms with Crippen LogP contribution in [0, 0.1) is 0 Å². The largest absolute Gasteiger partial charge is 0.365 e. The number of para-hydroxylation sites is 1. The fourth-order valence-corrected chi connectivity index (χ4v) is 2.27. The molecule has 2 atom stereocenters. The minimum absolute atomic E-state index is 0.226. The van der Waals surface area contributed by atoms with E-state index >= 15 is 0 Å². The molecule has 1 aliphatic rings. The molecule has 2 aromatic heterocycles. The second-order valence-electron chi connectivity index (χ2n) is 5.00. The number of fused-ring (bicyclic) bond motifs is 1. The zero-order chi connectivity index (χ0) is 13.5. The SMILES string of the molecule is NC1CC1Nc1ncnc2c1cnn2-c1ccccc1. The van der Waals surface area contributed by atoms with Crippen LogP contribution in [0.1, 0.15) is 6.42 Å². The summed E-state index contributed by atoms with van der Waals surface area (Å²) in [6.45, 7) is 0. The molecule has 20 heavy (non-hydrogen) atoms. The van der Waals surface area contributed by atoms with Crippen LogP contribution in [0.2, 0.25) is 0 Å². The maximum atomic E-state index is 5.83. The summed E-state index contributed by atoms with van der Waals surface area (Å²) >= 11 is 0. The average molecular weight is 266 g/mol. The van der Waals surface area contributed by atoms with Gasteiger partial charge in [-0.15, -0.1) is 0 Å². The first-order chi connectivity index (χ1) is 9.83. The number of hydrogen-bond donors (Lipinski definition) is 2. The van der Waals surface area contributed by atoms with Gasteiger partial charge in [-0.3, -0.25) is 0 Å². The van der Waals surface area contributed by atoms with Crippen molar-refractivity contribution >= 4 is 16.9 Å². The highest BCUT2D eigenvalue weighted by Crippen LogP contribution is 2.27. The van der Waals surface area contributed by atoms with Crippen LogP contribution in [-0.4, -0.2) is 31.8 Å². The third-order valence-corrected chi connectivity index (χ3v) is 3.53. The number of rotatable bonds is 3. The highest BCUT2D eigenvalue weighted by molar-refractivity contribution is 5.87. The Balaban J connectivity index is 1.79. The third kappa shape index (κ3) is 1.81. The van der Waals surface area contributed by atoms with E-state index in [2.05, 4.69) is 20.4 Å². The van der Waals surface area contributed by atoms with Gasteiger partial charge in [-0.25, -0.2) is 14.6 Å². The van der Waals surface area contributed by atoms with Crippen LogP contribution in [0.5, 0.6) is 0 Å². The minimum Gasteiger partial charge on any atom is -0.365 e. The van der Waals surface area contributed by atoms with Gasteiger partial charge < -0.3 is 11.1 Å². The molecule has 1 fully saturated rings. The molecule has 3 N–H and O–H groups in total. The number of nitrogens with one attached hydrogen (secondary N) is 1. The predicted molar refractivity (Wildman–Crippen MR) is 76.7 cm³/mol. The van der Waals surface area contributed by atoms with Crippen molar-refractivity contribution in [2.24, 2.45) is 5.73 Å². The van der Waals surface area contributed by atoms with Crippen LogP contribution < -0.4 is 11.1 Å². The molecule has 0 saturated heterocycles. The monoisotopic (exact) mass is 266 g/mol. The zero-order valence-electron chi connectivity index (χ0n) is 10.8. The molecule has 6 nitrogen and oxygen atoms in total. The maximum Gasteiger partial charge on any atom is 0.168 e. The van der Waals surface area contributed by atoms with E-state index in [1.165, 1.54) is 0 Å². The van der Waals surface area contributed by atoms with Gasteiger partial charge in [-0.2, -0.15) is 5.10 Å². The summed E-state index contributed by atoms with van der Waals surface area (Å²) in [5, 5.41) is 8.67. The standard InChI is InChI=1S/C14H14N6/c15-11-6-12(11)19-13-10-7-18-20(14(10)17-8-16-13)9-4-2-1-3-5-9/h1-5,7-8,11-12H,6,15H2,(H,16,17,19). The highest BCUT2D eigenvalue weighted by Gasteiger charge is 2.34. The van der Waals surface area contributed by atoms with E-state index in [4.69, 9.17) is 5.73 Å². The molecule has 2 heterocycles. The second kappa shape index (κ2) is 4.28. The Bertz CT molecular complexity index is 751. The minimum atomic E-state index is 0.226. The molecule has 1 aromatic carbocycles. The summed E-state index contributed by atoms with van der Waals surface area (Å²) in [7, 11) is 0. The number of nitrogens with two attached hydrogens (primary N) is 1. The third-order valence-electron chi connectivity index (χ3n) is 3.53. The van der Waals surface area contributed by atoms with Gasteiger partial charge in [0.15, 0.2) is 5.65 Å². The lowest BCUT2D eigenvalue weighted by atomic mass is 10.3. The lowest BCUT2D eigenvalue weighted by molar-refractivity contribution is 0.895. The fraction of sp³-hybridized carbons (Fsp3) is 0.214. The molecular weight excluding hydrogens is 252 g/mol. The second-order valence-corrected chi connectivity index (χ2v) is 5.00. The van der Waals surface area contributed by atoms with E-state index in [0.717, 1.165) is 29.0 Å². The smallest absolute Gasteiger partial charge is 0.168 e. The van der Waals surface area contributed by atoms with E-state index in [0.29, 0.717) is 6.04 Å². The normalized spacial score (nSPS) is 21.1. The Kier molecular flexibility index (Phi) is 2.43. The van der Waals surface area contributed by atoms with Crippen molar-refractivity contribution in [2.45, 2.75) is 18.5 Å². The van der Waals surface area contributed by atoms with Crippen molar-refractivity contribution in [3.63, 3.8) is 0 Å². The van der Waals surface area contributed by atoms with Gasteiger partial charge in [-0.1, -0.05) is 18.2 Å². The van der Waals surface area contributed by atoms with Crippen molar-refractivity contribution in [2.75, 3.05) is 5.32 Å². The lowest BCUT2D eigenvalue weighted by Crippen LogP contribution is -2.14. The molecule has 0 spiro atoms. The first-order valence-electron chi connectivity index (χ1n) is 6.59. The van der Waals surface area contributed by atoms with E-state index in [1.807, 2.05) is 35.0 Å². The van der Waals surface area contributed by atoms with Crippen molar-refractivity contribution in [3.8, 4) is 5.69 Å². The zero-order valence-corrected chi connectivity index (χ0v) is 10.8.